The molecule has 1 unspecified atom stereocenters. The SMILES string of the molecule is COc1cc([C@@H]2SCCCS2=O)cc(OC)c1OC. The molecule has 0 bridgehead atoms. The molecule has 1 aliphatic heterocycles. The van der Waals surface area contributed by atoms with Crippen LogP contribution in [-0.2, 0) is 10.8 Å². The van der Waals surface area contributed by atoms with E-state index in [0.29, 0.717) is 17.2 Å². The molecule has 1 aromatic rings. The predicted octanol–water partition coefficient (Wildman–Crippen LogP) is 2.60. The Labute approximate surface area is 120 Å². The Morgan fingerprint density at radius 3 is 2.26 bits per heavy atom. The summed E-state index contributed by atoms with van der Waals surface area (Å²) < 4.78 is 28.1. The number of hydrogen-bond acceptors (Lipinski definition) is 5. The summed E-state index contributed by atoms with van der Waals surface area (Å²) >= 11 is 1.72. The molecule has 106 valence electrons. The summed E-state index contributed by atoms with van der Waals surface area (Å²) in [6.07, 6.45) is 1.01. The molecule has 6 heteroatoms. The van der Waals surface area contributed by atoms with Crippen molar-refractivity contribution in [2.75, 3.05) is 32.8 Å². The molecule has 19 heavy (non-hydrogen) atoms. The fraction of sp³-hybridized carbons (Fsp3) is 0.538. The molecule has 0 amide bonds. The molecule has 1 aliphatic rings. The van der Waals surface area contributed by atoms with Crippen molar-refractivity contribution in [3.8, 4) is 17.2 Å². The third kappa shape index (κ3) is 3.00. The van der Waals surface area contributed by atoms with E-state index in [1.165, 1.54) is 0 Å². The molecule has 1 saturated heterocycles. The second kappa shape index (κ2) is 6.52. The van der Waals surface area contributed by atoms with Gasteiger partial charge >= 0.3 is 0 Å². The second-order valence-electron chi connectivity index (χ2n) is 4.10. The molecule has 1 fully saturated rings. The van der Waals surface area contributed by atoms with Gasteiger partial charge in [-0.25, -0.2) is 0 Å². The quantitative estimate of drug-likeness (QED) is 0.855. The first-order chi connectivity index (χ1) is 9.21. The molecule has 2 rings (SSSR count). The smallest absolute Gasteiger partial charge is 0.203 e. The normalized spacial score (nSPS) is 22.9. The minimum atomic E-state index is -0.847. The molecule has 0 radical (unpaired) electrons. The molecule has 0 spiro atoms. The van der Waals surface area contributed by atoms with Crippen LogP contribution in [0, 0.1) is 0 Å². The highest BCUT2D eigenvalue weighted by molar-refractivity contribution is 8.11. The number of rotatable bonds is 4. The third-order valence-electron chi connectivity index (χ3n) is 2.96. The molecule has 0 aliphatic carbocycles. The lowest BCUT2D eigenvalue weighted by atomic mass is 10.2. The van der Waals surface area contributed by atoms with Gasteiger partial charge in [-0.2, -0.15) is 0 Å². The number of thioether (sulfide) groups is 1. The van der Waals surface area contributed by atoms with Crippen LogP contribution in [0.5, 0.6) is 17.2 Å². The van der Waals surface area contributed by atoms with Crippen LogP contribution in [0.3, 0.4) is 0 Å². The first kappa shape index (κ1) is 14.5. The van der Waals surface area contributed by atoms with Gasteiger partial charge in [0.15, 0.2) is 11.5 Å². The van der Waals surface area contributed by atoms with E-state index in [-0.39, 0.29) is 4.58 Å². The van der Waals surface area contributed by atoms with Crippen molar-refractivity contribution < 1.29 is 18.4 Å². The zero-order valence-corrected chi connectivity index (χ0v) is 12.9. The summed E-state index contributed by atoms with van der Waals surface area (Å²) in [7, 11) is 3.91. The van der Waals surface area contributed by atoms with Crippen molar-refractivity contribution in [3.05, 3.63) is 17.7 Å². The Kier molecular flexibility index (Phi) is 4.99. The van der Waals surface area contributed by atoms with Crippen LogP contribution in [0.4, 0.5) is 0 Å². The van der Waals surface area contributed by atoms with Gasteiger partial charge in [-0.1, -0.05) is 0 Å². The van der Waals surface area contributed by atoms with E-state index < -0.39 is 10.8 Å². The first-order valence-electron chi connectivity index (χ1n) is 6.00. The van der Waals surface area contributed by atoms with Crippen molar-refractivity contribution in [2.24, 2.45) is 0 Å². The molecule has 0 saturated carbocycles. The second-order valence-corrected chi connectivity index (χ2v) is 7.25. The van der Waals surface area contributed by atoms with Gasteiger partial charge in [0.05, 0.1) is 21.3 Å². The molecule has 2 atom stereocenters. The average molecular weight is 302 g/mol. The van der Waals surface area contributed by atoms with Crippen LogP contribution in [0.15, 0.2) is 12.1 Å². The van der Waals surface area contributed by atoms with E-state index in [1.54, 1.807) is 33.1 Å². The molecular weight excluding hydrogens is 284 g/mol. The van der Waals surface area contributed by atoms with Gasteiger partial charge in [0.25, 0.3) is 0 Å². The average Bonchev–Trinajstić information content (AvgIpc) is 2.46. The van der Waals surface area contributed by atoms with Gasteiger partial charge < -0.3 is 14.2 Å². The molecule has 4 nitrogen and oxygen atoms in total. The monoisotopic (exact) mass is 302 g/mol. The molecule has 0 N–H and O–H groups in total. The van der Waals surface area contributed by atoms with Crippen LogP contribution < -0.4 is 14.2 Å². The third-order valence-corrected chi connectivity index (χ3v) is 6.55. The molecule has 0 aromatic heterocycles. The highest BCUT2D eigenvalue weighted by Gasteiger charge is 2.26. The van der Waals surface area contributed by atoms with Crippen molar-refractivity contribution in [2.45, 2.75) is 11.0 Å². The van der Waals surface area contributed by atoms with E-state index in [0.717, 1.165) is 23.5 Å². The maximum Gasteiger partial charge on any atom is 0.203 e. The first-order valence-corrected chi connectivity index (χ1v) is 8.43. The van der Waals surface area contributed by atoms with Gasteiger partial charge in [0, 0.05) is 16.6 Å². The van der Waals surface area contributed by atoms with Crippen molar-refractivity contribution >= 4 is 22.6 Å². The lowest BCUT2D eigenvalue weighted by Gasteiger charge is -2.23. The maximum absolute atomic E-state index is 12.1. The van der Waals surface area contributed by atoms with Crippen LogP contribution in [0.25, 0.3) is 0 Å². The standard InChI is InChI=1S/C13H18O4S2/c1-15-10-7-9(8-11(16-2)12(10)17-3)13-18-5-4-6-19(13)14/h7-8,13H,4-6H2,1-3H3/t13-,19?/m1/s1. The van der Waals surface area contributed by atoms with Crippen LogP contribution >= 0.6 is 11.8 Å². The van der Waals surface area contributed by atoms with Crippen molar-refractivity contribution in [1.29, 1.82) is 0 Å². The molecule has 1 aromatic carbocycles. The van der Waals surface area contributed by atoms with Crippen LogP contribution in [-0.4, -0.2) is 37.0 Å². The number of methoxy groups -OCH3 is 3. The fourth-order valence-electron chi connectivity index (χ4n) is 2.06. The topological polar surface area (TPSA) is 44.8 Å². The Hall–Kier alpha value is -0.880. The van der Waals surface area contributed by atoms with E-state index >= 15 is 0 Å². The highest BCUT2D eigenvalue weighted by Crippen LogP contribution is 2.44. The van der Waals surface area contributed by atoms with E-state index in [2.05, 4.69) is 0 Å². The summed E-state index contributed by atoms with van der Waals surface area (Å²) in [5.74, 6) is 3.59. The minimum absolute atomic E-state index is 0.0116. The number of benzene rings is 1. The Balaban J connectivity index is 2.43. The Morgan fingerprint density at radius 1 is 1.16 bits per heavy atom. The maximum atomic E-state index is 12.1. The van der Waals surface area contributed by atoms with Gasteiger partial charge in [-0.15, -0.1) is 11.8 Å². The largest absolute Gasteiger partial charge is 0.493 e. The fourth-order valence-corrected chi connectivity index (χ4v) is 5.36. The van der Waals surface area contributed by atoms with Crippen molar-refractivity contribution in [3.63, 3.8) is 0 Å². The Morgan fingerprint density at radius 2 is 1.79 bits per heavy atom. The predicted molar refractivity (Wildman–Crippen MR) is 78.9 cm³/mol. The summed E-state index contributed by atoms with van der Waals surface area (Å²) in [6.45, 7) is 0. The molecule has 1 heterocycles. The summed E-state index contributed by atoms with van der Waals surface area (Å²) in [5.41, 5.74) is 0.970. The van der Waals surface area contributed by atoms with E-state index in [9.17, 15) is 4.21 Å². The van der Waals surface area contributed by atoms with Crippen LogP contribution in [0.2, 0.25) is 0 Å². The van der Waals surface area contributed by atoms with Crippen molar-refractivity contribution in [1.82, 2.24) is 0 Å². The number of ether oxygens (including phenoxy) is 3. The van der Waals surface area contributed by atoms with Gasteiger partial charge in [0.1, 0.15) is 4.58 Å². The minimum Gasteiger partial charge on any atom is -0.493 e. The summed E-state index contributed by atoms with van der Waals surface area (Å²) in [5, 5.41) is 0. The lowest BCUT2D eigenvalue weighted by Crippen LogP contribution is -2.14. The van der Waals surface area contributed by atoms with Gasteiger partial charge in [-0.05, 0) is 29.9 Å². The lowest BCUT2D eigenvalue weighted by molar-refractivity contribution is 0.324. The van der Waals surface area contributed by atoms with E-state index in [1.807, 2.05) is 12.1 Å². The van der Waals surface area contributed by atoms with Crippen LogP contribution in [0.1, 0.15) is 16.6 Å². The summed E-state index contributed by atoms with van der Waals surface area (Å²) in [4.78, 5) is 0. The Bertz CT molecular complexity index is 451. The number of hydrogen-bond donors (Lipinski definition) is 0. The summed E-state index contributed by atoms with van der Waals surface area (Å²) in [6, 6.07) is 3.78. The van der Waals surface area contributed by atoms with Gasteiger partial charge in [0.2, 0.25) is 5.75 Å². The van der Waals surface area contributed by atoms with Gasteiger partial charge in [-0.3, -0.25) is 4.21 Å². The zero-order chi connectivity index (χ0) is 13.8. The zero-order valence-electron chi connectivity index (χ0n) is 11.3. The molecular formula is C13H18O4S2. The highest BCUT2D eigenvalue weighted by atomic mass is 32.2. The van der Waals surface area contributed by atoms with E-state index in [4.69, 9.17) is 14.2 Å².